The van der Waals surface area contributed by atoms with E-state index < -0.39 is 37.2 Å². The van der Waals surface area contributed by atoms with Gasteiger partial charge < -0.3 is 15.0 Å². The lowest BCUT2D eigenvalue weighted by Crippen LogP contribution is -2.37. The molecule has 3 aromatic rings. The van der Waals surface area contributed by atoms with Crippen LogP contribution in [-0.2, 0) is 14.8 Å². The maximum absolute atomic E-state index is 12.9. The highest BCUT2D eigenvalue weighted by molar-refractivity contribution is 7.92. The van der Waals surface area contributed by atoms with Crippen molar-refractivity contribution in [1.82, 2.24) is 0 Å². The van der Waals surface area contributed by atoms with Crippen LogP contribution in [0.5, 0.6) is 0 Å². The number of hydrogen-bond donors (Lipinski definition) is 2. The molecule has 15 heteroatoms. The number of carbonyl (C=O) groups is 1. The molecule has 1 heterocycles. The van der Waals surface area contributed by atoms with Crippen molar-refractivity contribution >= 4 is 56.0 Å². The molecule has 1 saturated heterocycles. The molecule has 0 saturated carbocycles. The molecular weight excluding hydrogens is 542 g/mol. The molecule has 2 N–H and O–H groups in total. The van der Waals surface area contributed by atoms with Gasteiger partial charge in [0.25, 0.3) is 27.3 Å². The number of nitro benzene ring substituents is 2. The van der Waals surface area contributed by atoms with Crippen LogP contribution >= 0.6 is 11.6 Å². The van der Waals surface area contributed by atoms with E-state index in [1.165, 1.54) is 53.4 Å². The molecule has 1 amide bonds. The molecule has 0 aliphatic carbocycles. The average Bonchev–Trinajstić information content (AvgIpc) is 2.89. The van der Waals surface area contributed by atoms with Gasteiger partial charge in [0.15, 0.2) is 5.69 Å². The average molecular weight is 562 g/mol. The van der Waals surface area contributed by atoms with E-state index in [-0.39, 0.29) is 48.1 Å². The van der Waals surface area contributed by atoms with Crippen LogP contribution in [0.1, 0.15) is 10.4 Å². The third-order valence-electron chi connectivity index (χ3n) is 5.57. The van der Waals surface area contributed by atoms with E-state index in [0.29, 0.717) is 10.7 Å². The van der Waals surface area contributed by atoms with Gasteiger partial charge in [-0.2, -0.15) is 0 Å². The Balaban J connectivity index is 1.57. The molecule has 1 aliphatic rings. The number of rotatable bonds is 8. The van der Waals surface area contributed by atoms with E-state index in [9.17, 15) is 33.4 Å². The standard InChI is InChI=1S/C23H20ClN5O8S/c24-16-1-3-18(4-2-16)26-38(35,36)19-7-5-17(6-8-19)25-23(30)15-13-20(28(31)32)22(21(14-15)29(33)34)27-9-11-37-12-10-27/h1-8,13-14,26H,9-12H2,(H,25,30). The number of amides is 1. The van der Waals surface area contributed by atoms with Crippen LogP contribution in [0, 0.1) is 20.2 Å². The van der Waals surface area contributed by atoms with Crippen molar-refractivity contribution < 1.29 is 27.8 Å². The van der Waals surface area contributed by atoms with E-state index in [2.05, 4.69) is 10.0 Å². The molecule has 0 unspecified atom stereocenters. The molecule has 1 aliphatic heterocycles. The first kappa shape index (κ1) is 26.8. The summed E-state index contributed by atoms with van der Waals surface area (Å²) in [5, 5.41) is 26.5. The lowest BCUT2D eigenvalue weighted by atomic mass is 10.1. The largest absolute Gasteiger partial charge is 0.378 e. The van der Waals surface area contributed by atoms with Gasteiger partial charge in [0.05, 0.1) is 33.5 Å². The molecule has 0 atom stereocenters. The Kier molecular flexibility index (Phi) is 7.75. The van der Waals surface area contributed by atoms with E-state index in [1.807, 2.05) is 0 Å². The van der Waals surface area contributed by atoms with Crippen LogP contribution in [0.4, 0.5) is 28.4 Å². The second kappa shape index (κ2) is 11.0. The second-order valence-electron chi connectivity index (χ2n) is 8.07. The van der Waals surface area contributed by atoms with Gasteiger partial charge in [0.2, 0.25) is 0 Å². The summed E-state index contributed by atoms with van der Waals surface area (Å²) in [5.41, 5.74) is -1.19. The summed E-state index contributed by atoms with van der Waals surface area (Å²) < 4.78 is 32.9. The number of benzene rings is 3. The first-order valence-electron chi connectivity index (χ1n) is 11.0. The predicted molar refractivity (Wildman–Crippen MR) is 139 cm³/mol. The first-order valence-corrected chi connectivity index (χ1v) is 12.9. The molecule has 0 spiro atoms. The Hall–Kier alpha value is -4.27. The predicted octanol–water partition coefficient (Wildman–Crippen LogP) is 4.05. The zero-order valence-electron chi connectivity index (χ0n) is 19.5. The fourth-order valence-electron chi connectivity index (χ4n) is 3.78. The number of sulfonamides is 1. The summed E-state index contributed by atoms with van der Waals surface area (Å²) in [7, 11) is -3.94. The fraction of sp³-hybridized carbons (Fsp3) is 0.174. The number of nitrogens with zero attached hydrogens (tertiary/aromatic N) is 3. The number of nitro groups is 2. The normalized spacial score (nSPS) is 13.6. The summed E-state index contributed by atoms with van der Waals surface area (Å²) in [5.74, 6) is -0.848. The molecule has 1 fully saturated rings. The number of ether oxygens (including phenoxy) is 1. The quantitative estimate of drug-likeness (QED) is 0.303. The van der Waals surface area contributed by atoms with E-state index >= 15 is 0 Å². The van der Waals surface area contributed by atoms with E-state index in [1.54, 1.807) is 0 Å². The van der Waals surface area contributed by atoms with Crippen LogP contribution in [0.15, 0.2) is 65.6 Å². The number of hydrogen-bond acceptors (Lipinski definition) is 9. The fourth-order valence-corrected chi connectivity index (χ4v) is 4.96. The third kappa shape index (κ3) is 5.99. The second-order valence-corrected chi connectivity index (χ2v) is 10.2. The molecule has 198 valence electrons. The molecule has 0 bridgehead atoms. The van der Waals surface area contributed by atoms with Crippen LogP contribution < -0.4 is 14.9 Å². The molecular formula is C23H20ClN5O8S. The number of morpholine rings is 1. The third-order valence-corrected chi connectivity index (χ3v) is 7.22. The van der Waals surface area contributed by atoms with Gasteiger partial charge in [-0.05, 0) is 48.5 Å². The van der Waals surface area contributed by atoms with Crippen molar-refractivity contribution in [2.45, 2.75) is 4.90 Å². The molecule has 0 radical (unpaired) electrons. The highest BCUT2D eigenvalue weighted by Gasteiger charge is 2.33. The van der Waals surface area contributed by atoms with Gasteiger partial charge in [-0.15, -0.1) is 0 Å². The highest BCUT2D eigenvalue weighted by atomic mass is 35.5. The summed E-state index contributed by atoms with van der Waals surface area (Å²) in [4.78, 5) is 36.3. The van der Waals surface area contributed by atoms with Crippen LogP contribution in [0.3, 0.4) is 0 Å². The molecule has 38 heavy (non-hydrogen) atoms. The Morgan fingerprint density at radius 1 is 0.895 bits per heavy atom. The van der Waals surface area contributed by atoms with E-state index in [4.69, 9.17) is 16.3 Å². The maximum atomic E-state index is 12.9. The van der Waals surface area contributed by atoms with Crippen molar-refractivity contribution in [1.29, 1.82) is 0 Å². The topological polar surface area (TPSA) is 174 Å². The summed E-state index contributed by atoms with van der Waals surface area (Å²) in [6, 6.07) is 13.1. The summed E-state index contributed by atoms with van der Waals surface area (Å²) in [6.07, 6.45) is 0. The smallest absolute Gasteiger partial charge is 0.300 e. The maximum Gasteiger partial charge on any atom is 0.300 e. The minimum absolute atomic E-state index is 0.0911. The summed E-state index contributed by atoms with van der Waals surface area (Å²) >= 11 is 5.81. The molecule has 3 aromatic carbocycles. The number of nitrogens with one attached hydrogen (secondary N) is 2. The molecule has 13 nitrogen and oxygen atoms in total. The van der Waals surface area contributed by atoms with Gasteiger partial charge in [-0.3, -0.25) is 29.7 Å². The van der Waals surface area contributed by atoms with Crippen molar-refractivity contribution in [3.05, 3.63) is 91.5 Å². The number of halogens is 1. The van der Waals surface area contributed by atoms with Crippen LogP contribution in [0.25, 0.3) is 0 Å². The zero-order valence-corrected chi connectivity index (χ0v) is 21.1. The Morgan fingerprint density at radius 2 is 1.42 bits per heavy atom. The lowest BCUT2D eigenvalue weighted by Gasteiger charge is -2.28. The minimum atomic E-state index is -3.94. The van der Waals surface area contributed by atoms with Gasteiger partial charge in [-0.1, -0.05) is 11.6 Å². The van der Waals surface area contributed by atoms with Crippen LogP contribution in [-0.4, -0.2) is 50.5 Å². The Labute approximate surface area is 221 Å². The molecule has 0 aromatic heterocycles. The van der Waals surface area contributed by atoms with E-state index in [0.717, 1.165) is 12.1 Å². The summed E-state index contributed by atoms with van der Waals surface area (Å²) in [6.45, 7) is 0.930. The minimum Gasteiger partial charge on any atom is -0.378 e. The van der Waals surface area contributed by atoms with Crippen LogP contribution in [0.2, 0.25) is 5.02 Å². The van der Waals surface area contributed by atoms with Gasteiger partial charge in [0, 0.05) is 41.6 Å². The number of anilines is 3. The van der Waals surface area contributed by atoms with Crippen molar-refractivity contribution in [2.24, 2.45) is 0 Å². The monoisotopic (exact) mass is 561 g/mol. The van der Waals surface area contributed by atoms with Gasteiger partial charge >= 0.3 is 0 Å². The highest BCUT2D eigenvalue weighted by Crippen LogP contribution is 2.39. The van der Waals surface area contributed by atoms with Crippen molar-refractivity contribution in [3.63, 3.8) is 0 Å². The molecule has 4 rings (SSSR count). The van der Waals surface area contributed by atoms with Crippen molar-refractivity contribution in [2.75, 3.05) is 41.2 Å². The number of carbonyl (C=O) groups excluding carboxylic acids is 1. The first-order chi connectivity index (χ1) is 18.0. The Bertz CT molecular complexity index is 1460. The van der Waals surface area contributed by atoms with Crippen molar-refractivity contribution in [3.8, 4) is 0 Å². The SMILES string of the molecule is O=C(Nc1ccc(S(=O)(=O)Nc2ccc(Cl)cc2)cc1)c1cc([N+](=O)[O-])c(N2CCOCC2)c([N+](=O)[O-])c1. The van der Waals surface area contributed by atoms with Gasteiger partial charge in [-0.25, -0.2) is 8.42 Å². The van der Waals surface area contributed by atoms with Gasteiger partial charge in [0.1, 0.15) is 0 Å². The Morgan fingerprint density at radius 3 is 1.95 bits per heavy atom. The lowest BCUT2D eigenvalue weighted by molar-refractivity contribution is -0.392. The zero-order chi connectivity index (χ0) is 27.4.